The number of aromatic nitrogens is 1. The Morgan fingerprint density at radius 2 is 1.94 bits per heavy atom. The summed E-state index contributed by atoms with van der Waals surface area (Å²) in [5.74, 6) is -0.508. The number of hydrogen-bond acceptors (Lipinski definition) is 7. The topological polar surface area (TPSA) is 96.4 Å². The summed E-state index contributed by atoms with van der Waals surface area (Å²) < 4.78 is 28.1. The van der Waals surface area contributed by atoms with Gasteiger partial charge in [0.2, 0.25) is 0 Å². The standard InChI is InChI=1S/C25H27ClFN5O3S/c1-13-5-9-19(18(27)11-13)30-23-21(24(33)29-15-6-7-15)22(14(2)25(34)32(23)4)35-20-10-8-16(12-17(20)26)31-36-28-3/h5,8-12,15,28,30-31H,6-7H2,1-4H3,(H,29,33). The molecule has 0 aliphatic heterocycles. The Morgan fingerprint density at radius 3 is 2.58 bits per heavy atom. The van der Waals surface area contributed by atoms with Crippen molar-refractivity contribution in [2.24, 2.45) is 7.05 Å². The maximum Gasteiger partial charge on any atom is 0.259 e. The van der Waals surface area contributed by atoms with Crippen LogP contribution in [0.15, 0.2) is 41.2 Å². The van der Waals surface area contributed by atoms with Crippen molar-refractivity contribution in [2.45, 2.75) is 32.7 Å². The van der Waals surface area contributed by atoms with Crippen LogP contribution >= 0.6 is 23.7 Å². The number of rotatable bonds is 9. The molecule has 1 saturated carbocycles. The Hall–Kier alpha value is -3.21. The monoisotopic (exact) mass is 531 g/mol. The second kappa shape index (κ2) is 10.8. The molecule has 8 nitrogen and oxygen atoms in total. The van der Waals surface area contributed by atoms with E-state index in [0.29, 0.717) is 0 Å². The Morgan fingerprint density at radius 1 is 1.19 bits per heavy atom. The van der Waals surface area contributed by atoms with Crippen molar-refractivity contribution in [1.82, 2.24) is 14.6 Å². The van der Waals surface area contributed by atoms with Crippen LogP contribution in [0.4, 0.5) is 21.6 Å². The van der Waals surface area contributed by atoms with Crippen molar-refractivity contribution in [3.8, 4) is 11.5 Å². The molecule has 2 aromatic carbocycles. The van der Waals surface area contributed by atoms with Crippen molar-refractivity contribution < 1.29 is 13.9 Å². The first-order valence-corrected chi connectivity index (χ1v) is 12.5. The first-order valence-electron chi connectivity index (χ1n) is 11.3. The van der Waals surface area contributed by atoms with Crippen molar-refractivity contribution in [3.05, 3.63) is 74.3 Å². The van der Waals surface area contributed by atoms with E-state index < -0.39 is 17.3 Å². The van der Waals surface area contributed by atoms with Gasteiger partial charge in [0.1, 0.15) is 22.9 Å². The molecule has 4 rings (SSSR count). The van der Waals surface area contributed by atoms with E-state index in [0.717, 1.165) is 24.1 Å². The van der Waals surface area contributed by atoms with E-state index in [9.17, 15) is 14.0 Å². The van der Waals surface area contributed by atoms with Crippen molar-refractivity contribution in [1.29, 1.82) is 0 Å². The average molecular weight is 532 g/mol. The van der Waals surface area contributed by atoms with Crippen LogP contribution in [-0.2, 0) is 7.05 Å². The lowest BCUT2D eigenvalue weighted by Gasteiger charge is -2.21. The lowest BCUT2D eigenvalue weighted by molar-refractivity contribution is 0.0948. The lowest BCUT2D eigenvalue weighted by atomic mass is 10.1. The number of amides is 1. The average Bonchev–Trinajstić information content (AvgIpc) is 3.66. The van der Waals surface area contributed by atoms with Crippen LogP contribution in [0, 0.1) is 19.7 Å². The summed E-state index contributed by atoms with van der Waals surface area (Å²) in [6.07, 6.45) is 1.74. The third-order valence-corrected chi connectivity index (χ3v) is 6.53. The van der Waals surface area contributed by atoms with Crippen LogP contribution in [0.25, 0.3) is 0 Å². The molecule has 0 spiro atoms. The second-order valence-electron chi connectivity index (χ2n) is 8.55. The van der Waals surface area contributed by atoms with Gasteiger partial charge in [0.05, 0.1) is 16.3 Å². The number of nitrogens with one attached hydrogen (secondary N) is 4. The maximum absolute atomic E-state index is 14.7. The van der Waals surface area contributed by atoms with Gasteiger partial charge in [0, 0.05) is 30.9 Å². The molecule has 0 bridgehead atoms. The first-order chi connectivity index (χ1) is 17.2. The molecule has 1 aromatic heterocycles. The zero-order chi connectivity index (χ0) is 26.0. The van der Waals surface area contributed by atoms with Crippen LogP contribution < -0.4 is 30.4 Å². The number of halogens is 2. The van der Waals surface area contributed by atoms with Gasteiger partial charge in [0.25, 0.3) is 11.5 Å². The summed E-state index contributed by atoms with van der Waals surface area (Å²) >= 11 is 7.74. The largest absolute Gasteiger partial charge is 0.454 e. The van der Waals surface area contributed by atoms with E-state index in [-0.39, 0.29) is 45.2 Å². The van der Waals surface area contributed by atoms with E-state index >= 15 is 0 Å². The summed E-state index contributed by atoms with van der Waals surface area (Å²) in [7, 11) is 3.30. The number of benzene rings is 2. The quantitative estimate of drug-likeness (QED) is 0.274. The zero-order valence-electron chi connectivity index (χ0n) is 20.3. The molecule has 0 radical (unpaired) electrons. The van der Waals surface area contributed by atoms with Gasteiger partial charge in [-0.2, -0.15) is 0 Å². The molecule has 36 heavy (non-hydrogen) atoms. The number of aryl methyl sites for hydroxylation is 1. The summed E-state index contributed by atoms with van der Waals surface area (Å²) in [5.41, 5.74) is 1.51. The third kappa shape index (κ3) is 5.61. The number of anilines is 3. The highest BCUT2D eigenvalue weighted by molar-refractivity contribution is 7.98. The van der Waals surface area contributed by atoms with Crippen molar-refractivity contribution in [2.75, 3.05) is 17.1 Å². The van der Waals surface area contributed by atoms with Crippen LogP contribution in [-0.4, -0.2) is 23.6 Å². The molecule has 190 valence electrons. The van der Waals surface area contributed by atoms with Gasteiger partial charge in [-0.25, -0.2) is 9.11 Å². The molecule has 0 saturated heterocycles. The number of pyridine rings is 1. The van der Waals surface area contributed by atoms with E-state index in [1.807, 2.05) is 0 Å². The lowest BCUT2D eigenvalue weighted by Crippen LogP contribution is -2.31. The highest BCUT2D eigenvalue weighted by atomic mass is 35.5. The van der Waals surface area contributed by atoms with E-state index in [4.69, 9.17) is 16.3 Å². The van der Waals surface area contributed by atoms with Crippen LogP contribution in [0.1, 0.15) is 34.3 Å². The number of ether oxygens (including phenoxy) is 1. The SMILES string of the molecule is CNSNc1ccc(Oc2c(C(=O)NC3CC3)c(Nc3ccc(C)cc3F)n(C)c(=O)c2C)c(Cl)c1. The Labute approximate surface area is 217 Å². The molecule has 1 aliphatic rings. The fourth-order valence-electron chi connectivity index (χ4n) is 3.60. The molecule has 11 heteroatoms. The van der Waals surface area contributed by atoms with Crippen molar-refractivity contribution in [3.63, 3.8) is 0 Å². The van der Waals surface area contributed by atoms with Gasteiger partial charge in [-0.3, -0.25) is 14.2 Å². The second-order valence-corrected chi connectivity index (χ2v) is 9.78. The van der Waals surface area contributed by atoms with Crippen LogP contribution in [0.3, 0.4) is 0 Å². The molecule has 0 atom stereocenters. The molecular weight excluding hydrogens is 505 g/mol. The molecule has 1 heterocycles. The fraction of sp³-hybridized carbons (Fsp3) is 0.280. The summed E-state index contributed by atoms with van der Waals surface area (Å²) in [6.45, 7) is 3.35. The van der Waals surface area contributed by atoms with Gasteiger partial charge in [-0.05, 0) is 69.6 Å². The van der Waals surface area contributed by atoms with Gasteiger partial charge in [0.15, 0.2) is 5.75 Å². The smallest absolute Gasteiger partial charge is 0.259 e. The number of carbonyl (C=O) groups is 1. The minimum Gasteiger partial charge on any atom is -0.454 e. The molecule has 3 aromatic rings. The normalized spacial score (nSPS) is 12.8. The number of hydrogen-bond donors (Lipinski definition) is 4. The molecule has 0 unspecified atom stereocenters. The van der Waals surface area contributed by atoms with Gasteiger partial charge >= 0.3 is 0 Å². The molecular formula is C25H27ClFN5O3S. The highest BCUT2D eigenvalue weighted by Crippen LogP contribution is 2.38. The minimum atomic E-state index is -0.510. The predicted molar refractivity (Wildman–Crippen MR) is 143 cm³/mol. The first kappa shape index (κ1) is 25.9. The van der Waals surface area contributed by atoms with E-state index in [1.54, 1.807) is 51.2 Å². The van der Waals surface area contributed by atoms with Crippen molar-refractivity contribution >= 4 is 46.8 Å². The summed E-state index contributed by atoms with van der Waals surface area (Å²) in [6, 6.07) is 9.79. The molecule has 1 fully saturated rings. The number of nitrogens with zero attached hydrogens (tertiary/aromatic N) is 1. The number of carbonyl (C=O) groups excluding carboxylic acids is 1. The van der Waals surface area contributed by atoms with Gasteiger partial charge in [-0.15, -0.1) is 0 Å². The molecule has 1 amide bonds. The summed E-state index contributed by atoms with van der Waals surface area (Å²) in [4.78, 5) is 26.6. The zero-order valence-corrected chi connectivity index (χ0v) is 21.9. The Bertz CT molecular complexity index is 1380. The van der Waals surface area contributed by atoms with E-state index in [2.05, 4.69) is 20.1 Å². The van der Waals surface area contributed by atoms with Crippen LogP contribution in [0.5, 0.6) is 11.5 Å². The van der Waals surface area contributed by atoms with Gasteiger partial charge < -0.3 is 20.1 Å². The summed E-state index contributed by atoms with van der Waals surface area (Å²) in [5, 5.41) is 6.17. The third-order valence-electron chi connectivity index (χ3n) is 5.70. The highest BCUT2D eigenvalue weighted by Gasteiger charge is 2.31. The van der Waals surface area contributed by atoms with E-state index in [1.165, 1.54) is 29.8 Å². The predicted octanol–water partition coefficient (Wildman–Crippen LogP) is 5.42. The minimum absolute atomic E-state index is 0.0467. The molecule has 4 N–H and O–H groups in total. The fourth-order valence-corrected chi connectivity index (χ4v) is 4.16. The van der Waals surface area contributed by atoms with Crippen LogP contribution in [0.2, 0.25) is 5.02 Å². The Balaban J connectivity index is 1.83. The maximum atomic E-state index is 14.7. The van der Waals surface area contributed by atoms with Gasteiger partial charge in [-0.1, -0.05) is 17.7 Å². The molecule has 1 aliphatic carbocycles. The Kier molecular flexibility index (Phi) is 7.77.